The topological polar surface area (TPSA) is 39.1 Å². The van der Waals surface area contributed by atoms with Gasteiger partial charge in [-0.2, -0.15) is 0 Å². The summed E-state index contributed by atoms with van der Waals surface area (Å²) in [5, 5.41) is 1.25. The van der Waals surface area contributed by atoms with Crippen molar-refractivity contribution in [3.8, 4) is 0 Å². The van der Waals surface area contributed by atoms with E-state index in [0.717, 1.165) is 6.29 Å². The van der Waals surface area contributed by atoms with Crippen molar-refractivity contribution in [1.82, 2.24) is 4.57 Å². The minimum atomic E-state index is -0.129. The highest BCUT2D eigenvalue weighted by Gasteiger charge is 2.10. The minimum absolute atomic E-state index is 0.129. The summed E-state index contributed by atoms with van der Waals surface area (Å²) in [5.74, 6) is -0.129. The number of aromatic nitrogens is 1. The van der Waals surface area contributed by atoms with Crippen molar-refractivity contribution in [3.63, 3.8) is 0 Å². The molecule has 0 spiro atoms. The average Bonchev–Trinajstić information content (AvgIpc) is 2.55. The molecule has 0 aliphatic rings. The van der Waals surface area contributed by atoms with Gasteiger partial charge in [-0.1, -0.05) is 11.6 Å². The van der Waals surface area contributed by atoms with E-state index < -0.39 is 0 Å². The van der Waals surface area contributed by atoms with E-state index in [1.807, 2.05) is 0 Å². The van der Waals surface area contributed by atoms with Gasteiger partial charge in [0.15, 0.2) is 6.29 Å². The minimum Gasteiger partial charge on any atom is -0.298 e. The highest BCUT2D eigenvalue weighted by Crippen LogP contribution is 2.23. The molecule has 76 valence electrons. The Balaban J connectivity index is 2.86. The molecule has 0 N–H and O–H groups in total. The highest BCUT2D eigenvalue weighted by molar-refractivity contribution is 6.31. The van der Waals surface area contributed by atoms with Gasteiger partial charge >= 0.3 is 0 Å². The lowest BCUT2D eigenvalue weighted by Gasteiger charge is -1.98. The zero-order chi connectivity index (χ0) is 11.0. The van der Waals surface area contributed by atoms with Gasteiger partial charge in [-0.15, -0.1) is 0 Å². The Morgan fingerprint density at radius 3 is 2.80 bits per heavy atom. The second kappa shape index (κ2) is 3.51. The summed E-state index contributed by atoms with van der Waals surface area (Å²) in [4.78, 5) is 22.1. The van der Waals surface area contributed by atoms with E-state index in [1.54, 1.807) is 18.2 Å². The number of aldehydes is 1. The van der Waals surface area contributed by atoms with Crippen molar-refractivity contribution >= 4 is 34.7 Å². The highest BCUT2D eigenvalue weighted by atomic mass is 35.5. The first kappa shape index (κ1) is 9.93. The average molecular weight is 222 g/mol. The predicted octanol–water partition coefficient (Wildman–Crippen LogP) is 2.77. The molecule has 15 heavy (non-hydrogen) atoms. The zero-order valence-corrected chi connectivity index (χ0v) is 8.78. The van der Waals surface area contributed by atoms with Crippen molar-refractivity contribution in [1.29, 1.82) is 0 Å². The zero-order valence-electron chi connectivity index (χ0n) is 8.03. The third-order valence-electron chi connectivity index (χ3n) is 2.26. The van der Waals surface area contributed by atoms with Gasteiger partial charge in [0.2, 0.25) is 5.91 Å². The summed E-state index contributed by atoms with van der Waals surface area (Å²) in [6, 6.07) is 5.10. The molecular formula is C11H8ClNO2. The molecule has 1 aromatic carbocycles. The SMILES string of the molecule is CC(=O)n1cc(C=O)c2cc(Cl)ccc21. The largest absolute Gasteiger partial charge is 0.298 e. The molecule has 0 saturated heterocycles. The molecule has 3 nitrogen and oxygen atoms in total. The molecule has 0 bridgehead atoms. The Morgan fingerprint density at radius 1 is 1.47 bits per heavy atom. The lowest BCUT2D eigenvalue weighted by Crippen LogP contribution is -2.02. The second-order valence-corrected chi connectivity index (χ2v) is 3.69. The predicted molar refractivity (Wildman–Crippen MR) is 58.6 cm³/mol. The summed E-state index contributed by atoms with van der Waals surface area (Å²) in [7, 11) is 0. The first-order valence-electron chi connectivity index (χ1n) is 4.40. The van der Waals surface area contributed by atoms with Crippen LogP contribution in [-0.2, 0) is 0 Å². The van der Waals surface area contributed by atoms with Crippen LogP contribution >= 0.6 is 11.6 Å². The first-order valence-corrected chi connectivity index (χ1v) is 4.78. The molecule has 0 atom stereocenters. The van der Waals surface area contributed by atoms with Crippen molar-refractivity contribution in [2.45, 2.75) is 6.92 Å². The van der Waals surface area contributed by atoms with E-state index in [-0.39, 0.29) is 5.91 Å². The maximum atomic E-state index is 11.3. The van der Waals surface area contributed by atoms with Crippen molar-refractivity contribution in [2.24, 2.45) is 0 Å². The molecule has 2 rings (SSSR count). The number of halogens is 1. The maximum absolute atomic E-state index is 11.3. The fraction of sp³-hybridized carbons (Fsp3) is 0.0909. The quantitative estimate of drug-likeness (QED) is 0.695. The smallest absolute Gasteiger partial charge is 0.227 e. The third kappa shape index (κ3) is 1.55. The van der Waals surface area contributed by atoms with Crippen LogP contribution < -0.4 is 0 Å². The number of hydrogen-bond donors (Lipinski definition) is 0. The summed E-state index contributed by atoms with van der Waals surface area (Å²) < 4.78 is 1.44. The van der Waals surface area contributed by atoms with E-state index >= 15 is 0 Å². The van der Waals surface area contributed by atoms with Crippen LogP contribution in [0, 0.1) is 0 Å². The summed E-state index contributed by atoms with van der Waals surface area (Å²) in [6.07, 6.45) is 2.24. The van der Waals surface area contributed by atoms with Crippen LogP contribution in [0.4, 0.5) is 0 Å². The Morgan fingerprint density at radius 2 is 2.20 bits per heavy atom. The van der Waals surface area contributed by atoms with Crippen molar-refractivity contribution in [3.05, 3.63) is 35.0 Å². The third-order valence-corrected chi connectivity index (χ3v) is 2.50. The van der Waals surface area contributed by atoms with Crippen LogP contribution in [0.3, 0.4) is 0 Å². The number of nitrogens with zero attached hydrogens (tertiary/aromatic N) is 1. The van der Waals surface area contributed by atoms with E-state index in [4.69, 9.17) is 11.6 Å². The molecule has 0 aliphatic carbocycles. The Bertz CT molecular complexity index is 557. The van der Waals surface area contributed by atoms with E-state index in [0.29, 0.717) is 21.5 Å². The van der Waals surface area contributed by atoms with Crippen LogP contribution in [0.25, 0.3) is 10.9 Å². The van der Waals surface area contributed by atoms with Gasteiger partial charge in [0.25, 0.3) is 0 Å². The number of hydrogen-bond acceptors (Lipinski definition) is 2. The molecular weight excluding hydrogens is 214 g/mol. The van der Waals surface area contributed by atoms with Crippen LogP contribution in [0.15, 0.2) is 24.4 Å². The second-order valence-electron chi connectivity index (χ2n) is 3.25. The Labute approximate surface area is 91.3 Å². The monoisotopic (exact) mass is 221 g/mol. The molecule has 0 unspecified atom stereocenters. The van der Waals surface area contributed by atoms with E-state index in [2.05, 4.69) is 0 Å². The molecule has 1 heterocycles. The Kier molecular flexibility index (Phi) is 2.32. The van der Waals surface area contributed by atoms with Crippen LogP contribution in [0.1, 0.15) is 22.1 Å². The van der Waals surface area contributed by atoms with Crippen molar-refractivity contribution in [2.75, 3.05) is 0 Å². The molecule has 1 aromatic heterocycles. The molecule has 4 heteroatoms. The van der Waals surface area contributed by atoms with Gasteiger partial charge in [0.1, 0.15) is 0 Å². The van der Waals surface area contributed by atoms with E-state index in [9.17, 15) is 9.59 Å². The molecule has 0 amide bonds. The van der Waals surface area contributed by atoms with Crippen LogP contribution in [0.2, 0.25) is 5.02 Å². The lowest BCUT2D eigenvalue weighted by molar-refractivity contribution is 0.0941. The molecule has 0 saturated carbocycles. The van der Waals surface area contributed by atoms with Crippen LogP contribution in [-0.4, -0.2) is 16.8 Å². The lowest BCUT2D eigenvalue weighted by atomic mass is 10.2. The number of carbonyl (C=O) groups excluding carboxylic acids is 2. The van der Waals surface area contributed by atoms with Gasteiger partial charge in [-0.05, 0) is 18.2 Å². The number of fused-ring (bicyclic) bond motifs is 1. The first-order chi connectivity index (χ1) is 7.13. The van der Waals surface area contributed by atoms with Gasteiger partial charge in [0, 0.05) is 29.1 Å². The molecule has 0 fully saturated rings. The summed E-state index contributed by atoms with van der Waals surface area (Å²) in [6.45, 7) is 1.45. The summed E-state index contributed by atoms with van der Waals surface area (Å²) in [5.41, 5.74) is 1.18. The molecule has 0 radical (unpaired) electrons. The van der Waals surface area contributed by atoms with Gasteiger partial charge in [-0.25, -0.2) is 0 Å². The van der Waals surface area contributed by atoms with Crippen LogP contribution in [0.5, 0.6) is 0 Å². The van der Waals surface area contributed by atoms with Crippen molar-refractivity contribution < 1.29 is 9.59 Å². The molecule has 0 aliphatic heterocycles. The Hall–Kier alpha value is -1.61. The maximum Gasteiger partial charge on any atom is 0.227 e. The number of carbonyl (C=O) groups is 2. The number of benzene rings is 1. The van der Waals surface area contributed by atoms with Gasteiger partial charge < -0.3 is 0 Å². The normalized spacial score (nSPS) is 10.5. The fourth-order valence-electron chi connectivity index (χ4n) is 1.58. The van der Waals surface area contributed by atoms with Gasteiger partial charge in [0.05, 0.1) is 5.52 Å². The molecule has 2 aromatic rings. The standard InChI is InChI=1S/C11H8ClNO2/c1-7(15)13-5-8(6-14)10-4-9(12)2-3-11(10)13/h2-6H,1H3. The summed E-state index contributed by atoms with van der Waals surface area (Å²) >= 11 is 5.83. The van der Waals surface area contributed by atoms with E-state index in [1.165, 1.54) is 17.7 Å². The number of rotatable bonds is 1. The van der Waals surface area contributed by atoms with Gasteiger partial charge in [-0.3, -0.25) is 14.2 Å². The fourth-order valence-corrected chi connectivity index (χ4v) is 1.75.